The lowest BCUT2D eigenvalue weighted by Gasteiger charge is -2.28. The highest BCUT2D eigenvalue weighted by Gasteiger charge is 2.22. The van der Waals surface area contributed by atoms with Crippen molar-refractivity contribution in [3.8, 4) is 5.75 Å². The molecule has 2 N–H and O–H groups in total. The molecule has 4 rings (SSSR count). The second-order valence-corrected chi connectivity index (χ2v) is 7.68. The van der Waals surface area contributed by atoms with Crippen molar-refractivity contribution in [2.45, 2.75) is 32.5 Å². The highest BCUT2D eigenvalue weighted by Crippen LogP contribution is 2.31. The molecule has 3 aromatic rings. The summed E-state index contributed by atoms with van der Waals surface area (Å²) in [5.41, 5.74) is 2.22. The molecule has 1 unspecified atom stereocenters. The van der Waals surface area contributed by atoms with Crippen molar-refractivity contribution in [2.24, 2.45) is 12.0 Å². The molecular weight excluding hydrogens is 527 g/mol. The first kappa shape index (κ1) is 23.3. The van der Waals surface area contributed by atoms with E-state index in [2.05, 4.69) is 26.9 Å². The molecule has 1 atom stereocenters. The van der Waals surface area contributed by atoms with E-state index in [1.807, 2.05) is 61.0 Å². The number of aromatic nitrogens is 3. The van der Waals surface area contributed by atoms with Gasteiger partial charge in [0.05, 0.1) is 25.7 Å². The largest absolute Gasteiger partial charge is 0.493 e. The maximum Gasteiger partial charge on any atom is 0.192 e. The van der Waals surface area contributed by atoms with Gasteiger partial charge in [-0.15, -0.1) is 34.2 Å². The second-order valence-electron chi connectivity index (χ2n) is 7.24. The van der Waals surface area contributed by atoms with Crippen LogP contribution in [0.4, 0.5) is 0 Å². The number of hydrogen-bond acceptors (Lipinski definition) is 4. The van der Waals surface area contributed by atoms with E-state index in [9.17, 15) is 0 Å². The quantitative estimate of drug-likeness (QED) is 0.283. The molecule has 1 aromatic heterocycles. The zero-order valence-corrected chi connectivity index (χ0v) is 20.6. The van der Waals surface area contributed by atoms with Crippen molar-refractivity contribution in [1.82, 2.24) is 25.4 Å². The van der Waals surface area contributed by atoms with E-state index < -0.39 is 0 Å². The molecule has 0 bridgehead atoms. The number of rotatable bonds is 5. The first-order chi connectivity index (χ1) is 14.6. The Bertz CT molecular complexity index is 1040. The minimum Gasteiger partial charge on any atom is -0.493 e. The molecule has 0 aliphatic carbocycles. The van der Waals surface area contributed by atoms with Gasteiger partial charge in [0.15, 0.2) is 11.8 Å². The van der Waals surface area contributed by atoms with Gasteiger partial charge in [-0.05, 0) is 30.7 Å². The van der Waals surface area contributed by atoms with E-state index in [-0.39, 0.29) is 30.0 Å². The van der Waals surface area contributed by atoms with E-state index >= 15 is 0 Å². The van der Waals surface area contributed by atoms with Crippen molar-refractivity contribution in [1.29, 1.82) is 0 Å². The van der Waals surface area contributed by atoms with Crippen LogP contribution in [0, 0.1) is 6.92 Å². The Morgan fingerprint density at radius 2 is 1.97 bits per heavy atom. The Morgan fingerprint density at radius 1 is 1.19 bits per heavy atom. The molecule has 2 heterocycles. The molecule has 0 radical (unpaired) electrons. The Morgan fingerprint density at radius 3 is 2.71 bits per heavy atom. The Labute approximate surface area is 204 Å². The van der Waals surface area contributed by atoms with Crippen LogP contribution in [0.3, 0.4) is 0 Å². The minimum atomic E-state index is 0. The maximum absolute atomic E-state index is 6.00. The van der Waals surface area contributed by atoms with Crippen LogP contribution in [-0.2, 0) is 20.1 Å². The fourth-order valence-electron chi connectivity index (χ4n) is 3.34. The normalized spacial score (nSPS) is 15.5. The Hall–Kier alpha value is -2.33. The molecule has 1 aliphatic rings. The number of nitrogens with zero attached hydrogens (tertiary/aromatic N) is 4. The van der Waals surface area contributed by atoms with Crippen molar-refractivity contribution in [3.63, 3.8) is 0 Å². The van der Waals surface area contributed by atoms with Crippen LogP contribution >= 0.6 is 35.6 Å². The third-order valence-corrected chi connectivity index (χ3v) is 5.45. The van der Waals surface area contributed by atoms with Gasteiger partial charge >= 0.3 is 0 Å². The van der Waals surface area contributed by atoms with Crippen LogP contribution in [0.2, 0.25) is 5.02 Å². The van der Waals surface area contributed by atoms with Crippen LogP contribution in [0.15, 0.2) is 53.5 Å². The SMILES string of the molecule is Cc1nnc(CNC(=NCc2ccc(Cl)cc2)NC2CCOc3ccccc32)n1C.I. The van der Waals surface area contributed by atoms with Crippen LogP contribution in [-0.4, -0.2) is 27.3 Å². The Balaban J connectivity index is 0.00000272. The zero-order chi connectivity index (χ0) is 20.9. The monoisotopic (exact) mass is 552 g/mol. The molecule has 9 heteroatoms. The fraction of sp³-hybridized carbons (Fsp3) is 0.318. The lowest BCUT2D eigenvalue weighted by molar-refractivity contribution is 0.261. The average molecular weight is 553 g/mol. The number of nitrogens with one attached hydrogen (secondary N) is 2. The standard InChI is InChI=1S/C22H25ClN6O.HI/c1-15-27-28-21(29(15)2)14-25-22(24-13-16-7-9-17(23)10-8-16)26-19-11-12-30-20-6-4-3-5-18(19)20;/h3-10,19H,11-14H2,1-2H3,(H2,24,25,26);1H. The minimum absolute atomic E-state index is 0. The van der Waals surface area contributed by atoms with Gasteiger partial charge in [0.25, 0.3) is 0 Å². The topological polar surface area (TPSA) is 76.4 Å². The summed E-state index contributed by atoms with van der Waals surface area (Å²) < 4.78 is 7.75. The summed E-state index contributed by atoms with van der Waals surface area (Å²) in [4.78, 5) is 4.80. The molecule has 164 valence electrons. The molecule has 1 aliphatic heterocycles. The molecule has 0 fully saturated rings. The van der Waals surface area contributed by atoms with Crippen molar-refractivity contribution in [2.75, 3.05) is 6.61 Å². The number of guanidine groups is 1. The summed E-state index contributed by atoms with van der Waals surface area (Å²) >= 11 is 6.00. The van der Waals surface area contributed by atoms with Gasteiger partial charge in [-0.2, -0.15) is 0 Å². The third kappa shape index (κ3) is 5.88. The molecule has 0 spiro atoms. The van der Waals surface area contributed by atoms with Crippen molar-refractivity contribution >= 4 is 41.5 Å². The second kappa shape index (κ2) is 10.8. The Kier molecular flexibility index (Phi) is 8.14. The molecule has 2 aromatic carbocycles. The van der Waals surface area contributed by atoms with Crippen molar-refractivity contribution in [3.05, 3.63) is 76.3 Å². The van der Waals surface area contributed by atoms with Gasteiger partial charge in [0.1, 0.15) is 11.6 Å². The molecular formula is C22H26ClIN6O. The molecule has 0 saturated heterocycles. The number of ether oxygens (including phenoxy) is 1. The van der Waals surface area contributed by atoms with Crippen LogP contribution < -0.4 is 15.4 Å². The van der Waals surface area contributed by atoms with Gasteiger partial charge in [-0.3, -0.25) is 0 Å². The van der Waals surface area contributed by atoms with Crippen LogP contribution in [0.1, 0.15) is 35.2 Å². The zero-order valence-electron chi connectivity index (χ0n) is 17.5. The number of aryl methyl sites for hydroxylation is 1. The van der Waals surface area contributed by atoms with Gasteiger partial charge in [-0.25, -0.2) is 4.99 Å². The molecule has 0 saturated carbocycles. The summed E-state index contributed by atoms with van der Waals surface area (Å²) in [5.74, 6) is 3.35. The van der Waals surface area contributed by atoms with E-state index in [0.717, 1.165) is 40.0 Å². The number of aliphatic imine (C=N–C) groups is 1. The number of benzene rings is 2. The average Bonchev–Trinajstić information content (AvgIpc) is 3.09. The van der Waals surface area contributed by atoms with E-state index in [4.69, 9.17) is 21.3 Å². The third-order valence-electron chi connectivity index (χ3n) is 5.20. The molecule has 31 heavy (non-hydrogen) atoms. The summed E-state index contributed by atoms with van der Waals surface area (Å²) in [7, 11) is 1.96. The van der Waals surface area contributed by atoms with Crippen LogP contribution in [0.5, 0.6) is 5.75 Å². The number of hydrogen-bond donors (Lipinski definition) is 2. The lowest BCUT2D eigenvalue weighted by Crippen LogP contribution is -2.41. The van der Waals surface area contributed by atoms with E-state index in [1.54, 1.807) is 0 Å². The number of halogens is 2. The predicted octanol–water partition coefficient (Wildman–Crippen LogP) is 4.15. The van der Waals surface area contributed by atoms with Gasteiger partial charge in [0, 0.05) is 24.1 Å². The summed E-state index contributed by atoms with van der Waals surface area (Å²) in [6.45, 7) is 3.66. The molecule has 7 nitrogen and oxygen atoms in total. The number of para-hydroxylation sites is 1. The summed E-state index contributed by atoms with van der Waals surface area (Å²) in [6, 6.07) is 16.0. The first-order valence-corrected chi connectivity index (χ1v) is 10.3. The highest BCUT2D eigenvalue weighted by molar-refractivity contribution is 14.0. The molecule has 0 amide bonds. The smallest absolute Gasteiger partial charge is 0.192 e. The van der Waals surface area contributed by atoms with Gasteiger partial charge in [0.2, 0.25) is 0 Å². The lowest BCUT2D eigenvalue weighted by atomic mass is 10.0. The fourth-order valence-corrected chi connectivity index (χ4v) is 3.46. The van der Waals surface area contributed by atoms with E-state index in [1.165, 1.54) is 0 Å². The van der Waals surface area contributed by atoms with Crippen LogP contribution in [0.25, 0.3) is 0 Å². The van der Waals surface area contributed by atoms with Gasteiger partial charge in [-0.1, -0.05) is 41.9 Å². The van der Waals surface area contributed by atoms with Crippen molar-refractivity contribution < 1.29 is 4.74 Å². The maximum atomic E-state index is 6.00. The summed E-state index contributed by atoms with van der Waals surface area (Å²) in [6.07, 6.45) is 0.863. The van der Waals surface area contributed by atoms with Gasteiger partial charge < -0.3 is 19.9 Å². The predicted molar refractivity (Wildman–Crippen MR) is 133 cm³/mol. The summed E-state index contributed by atoms with van der Waals surface area (Å²) in [5, 5.41) is 16.0. The first-order valence-electron chi connectivity index (χ1n) is 9.96. The highest BCUT2D eigenvalue weighted by atomic mass is 127. The van der Waals surface area contributed by atoms with E-state index in [0.29, 0.717) is 25.7 Å². The number of fused-ring (bicyclic) bond motifs is 1.